The summed E-state index contributed by atoms with van der Waals surface area (Å²) < 4.78 is 0. The van der Waals surface area contributed by atoms with Crippen molar-refractivity contribution in [3.63, 3.8) is 0 Å². The van der Waals surface area contributed by atoms with Crippen molar-refractivity contribution in [3.8, 4) is 0 Å². The molecule has 4 N–H and O–H groups in total. The average molecular weight is 334 g/mol. The second-order valence-corrected chi connectivity index (χ2v) is 8.37. The fourth-order valence-corrected chi connectivity index (χ4v) is 5.74. The van der Waals surface area contributed by atoms with Gasteiger partial charge < -0.3 is 16.4 Å². The number of benzene rings is 1. The second-order valence-electron chi connectivity index (χ2n) is 7.96. The molecule has 2 amide bonds. The van der Waals surface area contributed by atoms with Gasteiger partial charge >= 0.3 is 6.03 Å². The summed E-state index contributed by atoms with van der Waals surface area (Å²) in [5.41, 5.74) is 7.23. The van der Waals surface area contributed by atoms with Crippen LogP contribution in [0.5, 0.6) is 0 Å². The number of anilines is 2. The first kappa shape index (κ1) is 15.1. The van der Waals surface area contributed by atoms with E-state index < -0.39 is 0 Å². The van der Waals surface area contributed by atoms with Crippen LogP contribution in [0.4, 0.5) is 16.2 Å². The molecule has 1 aromatic rings. The van der Waals surface area contributed by atoms with E-state index >= 15 is 0 Å². The minimum Gasteiger partial charge on any atom is -0.398 e. The maximum atomic E-state index is 12.2. The van der Waals surface area contributed by atoms with E-state index in [1.54, 1.807) is 18.2 Å². The monoisotopic (exact) mass is 333 g/mol. The summed E-state index contributed by atoms with van der Waals surface area (Å²) in [5.74, 6) is 2.71. The van der Waals surface area contributed by atoms with E-state index in [0.717, 1.165) is 24.3 Å². The number of hydrogen-bond donors (Lipinski definition) is 3. The Hall–Kier alpha value is -1.42. The van der Waals surface area contributed by atoms with E-state index in [0.29, 0.717) is 21.8 Å². The van der Waals surface area contributed by atoms with E-state index in [1.807, 2.05) is 0 Å². The Morgan fingerprint density at radius 1 is 1.17 bits per heavy atom. The minimum atomic E-state index is -0.151. The Morgan fingerprint density at radius 2 is 1.78 bits per heavy atom. The highest BCUT2D eigenvalue weighted by Crippen LogP contribution is 2.59. The summed E-state index contributed by atoms with van der Waals surface area (Å²) in [6.07, 6.45) is 8.17. The van der Waals surface area contributed by atoms with Gasteiger partial charge in [0.05, 0.1) is 10.7 Å². The van der Waals surface area contributed by atoms with Gasteiger partial charge in [0.15, 0.2) is 0 Å². The van der Waals surface area contributed by atoms with E-state index in [1.165, 1.54) is 38.5 Å². The number of hydrogen-bond acceptors (Lipinski definition) is 2. The lowest BCUT2D eigenvalue weighted by molar-refractivity contribution is -0.0496. The minimum absolute atomic E-state index is 0.151. The number of amides is 2. The zero-order valence-corrected chi connectivity index (χ0v) is 14.0. The van der Waals surface area contributed by atoms with Crippen LogP contribution < -0.4 is 16.4 Å². The molecule has 0 atom stereocenters. The molecule has 0 spiro atoms. The smallest absolute Gasteiger partial charge is 0.319 e. The number of nitrogens with two attached hydrogens (primary N) is 1. The van der Waals surface area contributed by atoms with Gasteiger partial charge in [0, 0.05) is 12.2 Å². The molecular weight excluding hydrogens is 310 g/mol. The molecule has 4 fully saturated rings. The van der Waals surface area contributed by atoms with Crippen molar-refractivity contribution in [1.29, 1.82) is 0 Å². The number of urea groups is 1. The molecule has 0 unspecified atom stereocenters. The summed E-state index contributed by atoms with van der Waals surface area (Å²) in [7, 11) is 0. The predicted molar refractivity (Wildman–Crippen MR) is 93.5 cm³/mol. The first-order valence-corrected chi connectivity index (χ1v) is 8.99. The van der Waals surface area contributed by atoms with Crippen molar-refractivity contribution in [1.82, 2.24) is 5.32 Å². The fraction of sp³-hybridized carbons (Fsp3) is 0.611. The van der Waals surface area contributed by atoms with Crippen LogP contribution in [0.25, 0.3) is 0 Å². The van der Waals surface area contributed by atoms with E-state index in [4.69, 9.17) is 17.3 Å². The third kappa shape index (κ3) is 3.01. The van der Waals surface area contributed by atoms with Crippen molar-refractivity contribution in [2.24, 2.45) is 23.2 Å². The number of halogens is 1. The molecule has 124 valence electrons. The van der Waals surface area contributed by atoms with Gasteiger partial charge in [-0.1, -0.05) is 11.6 Å². The number of rotatable bonds is 3. The van der Waals surface area contributed by atoms with Gasteiger partial charge in [-0.25, -0.2) is 4.79 Å². The van der Waals surface area contributed by atoms with Crippen LogP contribution in [0.3, 0.4) is 0 Å². The lowest BCUT2D eigenvalue weighted by atomic mass is 9.49. The molecule has 4 nitrogen and oxygen atoms in total. The van der Waals surface area contributed by atoms with Crippen molar-refractivity contribution >= 4 is 29.0 Å². The summed E-state index contributed by atoms with van der Waals surface area (Å²) in [6.45, 7) is 0.797. The van der Waals surface area contributed by atoms with E-state index in [-0.39, 0.29) is 6.03 Å². The van der Waals surface area contributed by atoms with Crippen LogP contribution in [0.1, 0.15) is 38.5 Å². The maximum absolute atomic E-state index is 12.2. The van der Waals surface area contributed by atoms with Gasteiger partial charge in [-0.05, 0) is 79.9 Å². The van der Waals surface area contributed by atoms with Gasteiger partial charge in [0.2, 0.25) is 0 Å². The molecule has 0 aliphatic heterocycles. The number of carbonyl (C=O) groups excluding carboxylic acids is 1. The molecule has 23 heavy (non-hydrogen) atoms. The van der Waals surface area contributed by atoms with Crippen LogP contribution in [0.2, 0.25) is 5.02 Å². The molecule has 4 saturated carbocycles. The third-order valence-corrected chi connectivity index (χ3v) is 6.37. The molecular formula is C18H24ClN3O. The molecule has 5 heteroatoms. The zero-order valence-electron chi connectivity index (χ0n) is 13.3. The molecule has 4 bridgehead atoms. The summed E-state index contributed by atoms with van der Waals surface area (Å²) in [5, 5.41) is 6.41. The first-order valence-electron chi connectivity index (χ1n) is 8.61. The van der Waals surface area contributed by atoms with Crippen molar-refractivity contribution in [3.05, 3.63) is 23.2 Å². The Kier molecular flexibility index (Phi) is 3.67. The quantitative estimate of drug-likeness (QED) is 0.723. The Balaban J connectivity index is 1.35. The van der Waals surface area contributed by atoms with E-state index in [9.17, 15) is 4.79 Å². The van der Waals surface area contributed by atoms with Crippen LogP contribution >= 0.6 is 11.6 Å². The standard InChI is InChI=1S/C18H24ClN3O/c19-15-6-14(1-2-16(15)20)22-17(23)21-10-18-7-11-3-12(8-18)5-13(4-11)9-18/h1-2,6,11-13H,3-5,7-10,20H2,(H2,21,22,23). The van der Waals surface area contributed by atoms with Crippen LogP contribution in [-0.4, -0.2) is 12.6 Å². The van der Waals surface area contributed by atoms with Gasteiger partial charge in [0.25, 0.3) is 0 Å². The van der Waals surface area contributed by atoms with Gasteiger partial charge in [-0.15, -0.1) is 0 Å². The Morgan fingerprint density at radius 3 is 2.35 bits per heavy atom. The normalized spacial score (nSPS) is 34.4. The van der Waals surface area contributed by atoms with Crippen molar-refractivity contribution in [2.75, 3.05) is 17.6 Å². The number of nitrogens with one attached hydrogen (secondary N) is 2. The van der Waals surface area contributed by atoms with Crippen LogP contribution in [-0.2, 0) is 0 Å². The Labute approximate surface area is 142 Å². The molecule has 0 saturated heterocycles. The van der Waals surface area contributed by atoms with Crippen LogP contribution in [0, 0.1) is 23.2 Å². The highest BCUT2D eigenvalue weighted by Gasteiger charge is 2.50. The lowest BCUT2D eigenvalue weighted by Crippen LogP contribution is -2.51. The average Bonchev–Trinajstić information content (AvgIpc) is 2.48. The van der Waals surface area contributed by atoms with Crippen LogP contribution in [0.15, 0.2) is 18.2 Å². The van der Waals surface area contributed by atoms with Gasteiger partial charge in [-0.2, -0.15) is 0 Å². The number of nitrogen functional groups attached to an aromatic ring is 1. The largest absolute Gasteiger partial charge is 0.398 e. The van der Waals surface area contributed by atoms with Crippen molar-refractivity contribution in [2.45, 2.75) is 38.5 Å². The summed E-state index contributed by atoms with van der Waals surface area (Å²) >= 11 is 5.99. The molecule has 4 aliphatic rings. The molecule has 0 heterocycles. The Bertz CT molecular complexity index is 595. The summed E-state index contributed by atoms with van der Waals surface area (Å²) in [6, 6.07) is 5.01. The maximum Gasteiger partial charge on any atom is 0.319 e. The van der Waals surface area contributed by atoms with Gasteiger partial charge in [0.1, 0.15) is 0 Å². The first-order chi connectivity index (χ1) is 11.0. The molecule has 0 radical (unpaired) electrons. The predicted octanol–water partition coefficient (Wildman–Crippen LogP) is 4.26. The molecule has 1 aromatic carbocycles. The third-order valence-electron chi connectivity index (χ3n) is 6.05. The number of carbonyl (C=O) groups is 1. The molecule has 4 aliphatic carbocycles. The highest BCUT2D eigenvalue weighted by molar-refractivity contribution is 6.33. The van der Waals surface area contributed by atoms with Crippen molar-refractivity contribution < 1.29 is 4.79 Å². The fourth-order valence-electron chi connectivity index (χ4n) is 5.55. The summed E-state index contributed by atoms with van der Waals surface area (Å²) in [4.78, 5) is 12.2. The lowest BCUT2D eigenvalue weighted by Gasteiger charge is -2.56. The highest BCUT2D eigenvalue weighted by atomic mass is 35.5. The van der Waals surface area contributed by atoms with Gasteiger partial charge in [-0.3, -0.25) is 0 Å². The second kappa shape index (κ2) is 5.59. The molecule has 5 rings (SSSR count). The topological polar surface area (TPSA) is 67.1 Å². The SMILES string of the molecule is Nc1ccc(NC(=O)NCC23CC4CC(CC(C4)C2)C3)cc1Cl. The zero-order chi connectivity index (χ0) is 16.0. The van der Waals surface area contributed by atoms with E-state index in [2.05, 4.69) is 10.6 Å². The molecule has 0 aromatic heterocycles.